The zero-order valence-corrected chi connectivity index (χ0v) is 8.48. The van der Waals surface area contributed by atoms with Crippen molar-refractivity contribution in [2.75, 3.05) is 6.54 Å². The highest BCUT2D eigenvalue weighted by Gasteiger charge is 2.23. The van der Waals surface area contributed by atoms with Crippen molar-refractivity contribution < 1.29 is 9.53 Å². The Morgan fingerprint density at radius 1 is 1.67 bits per heavy atom. The molecule has 80 valence electrons. The van der Waals surface area contributed by atoms with Gasteiger partial charge >= 0.3 is 5.97 Å². The lowest BCUT2D eigenvalue weighted by Crippen LogP contribution is -2.32. The molecule has 1 N–H and O–H groups in total. The van der Waals surface area contributed by atoms with Crippen LogP contribution in [0.1, 0.15) is 18.4 Å². The quantitative estimate of drug-likeness (QED) is 0.746. The average molecular weight is 206 g/mol. The summed E-state index contributed by atoms with van der Waals surface area (Å²) in [5.74, 6) is -0.156. The number of carbonyl (C=O) groups excluding carboxylic acids is 1. The van der Waals surface area contributed by atoms with Crippen molar-refractivity contribution in [3.05, 3.63) is 30.1 Å². The van der Waals surface area contributed by atoms with E-state index < -0.39 is 0 Å². The Hall–Kier alpha value is -1.42. The lowest BCUT2D eigenvalue weighted by atomic mass is 10.2. The van der Waals surface area contributed by atoms with E-state index in [0.29, 0.717) is 6.61 Å². The Morgan fingerprint density at radius 2 is 2.60 bits per heavy atom. The molecular formula is C11H14N2O2. The molecule has 1 atom stereocenters. The number of ether oxygens (including phenoxy) is 1. The number of rotatable bonds is 3. The Bertz CT molecular complexity index is 321. The van der Waals surface area contributed by atoms with Gasteiger partial charge in [-0.2, -0.15) is 0 Å². The maximum Gasteiger partial charge on any atom is 0.323 e. The van der Waals surface area contributed by atoms with E-state index in [1.54, 1.807) is 12.4 Å². The monoisotopic (exact) mass is 206 g/mol. The molecule has 4 heteroatoms. The molecule has 1 aromatic heterocycles. The number of nitrogens with one attached hydrogen (secondary N) is 1. The van der Waals surface area contributed by atoms with Crippen LogP contribution in [-0.4, -0.2) is 23.5 Å². The molecule has 2 heterocycles. The lowest BCUT2D eigenvalue weighted by Gasteiger charge is -2.09. The summed E-state index contributed by atoms with van der Waals surface area (Å²) in [5.41, 5.74) is 0.920. The second-order valence-electron chi connectivity index (χ2n) is 3.62. The van der Waals surface area contributed by atoms with Gasteiger partial charge in [-0.05, 0) is 25.5 Å². The van der Waals surface area contributed by atoms with Gasteiger partial charge in [-0.3, -0.25) is 9.78 Å². The fourth-order valence-corrected chi connectivity index (χ4v) is 1.62. The first-order valence-corrected chi connectivity index (χ1v) is 5.15. The molecule has 0 radical (unpaired) electrons. The number of esters is 1. The van der Waals surface area contributed by atoms with E-state index in [1.165, 1.54) is 0 Å². The van der Waals surface area contributed by atoms with Crippen LogP contribution >= 0.6 is 0 Å². The van der Waals surface area contributed by atoms with Crippen molar-refractivity contribution in [1.82, 2.24) is 10.3 Å². The highest BCUT2D eigenvalue weighted by Crippen LogP contribution is 2.08. The summed E-state index contributed by atoms with van der Waals surface area (Å²) in [6.07, 6.45) is 5.33. The van der Waals surface area contributed by atoms with Crippen molar-refractivity contribution in [3.63, 3.8) is 0 Å². The normalized spacial score (nSPS) is 20.1. The molecule has 1 aromatic rings. The molecule has 0 bridgehead atoms. The van der Waals surface area contributed by atoms with Crippen LogP contribution in [0, 0.1) is 0 Å². The molecule has 1 fully saturated rings. The molecule has 1 aliphatic rings. The van der Waals surface area contributed by atoms with Gasteiger partial charge in [-0.15, -0.1) is 0 Å². The number of hydrogen-bond acceptors (Lipinski definition) is 4. The Labute approximate surface area is 88.7 Å². The predicted octanol–water partition coefficient (Wildman–Crippen LogP) is 0.877. The van der Waals surface area contributed by atoms with Crippen LogP contribution < -0.4 is 5.32 Å². The van der Waals surface area contributed by atoms with E-state index in [0.717, 1.165) is 24.9 Å². The smallest absolute Gasteiger partial charge is 0.323 e. The molecule has 15 heavy (non-hydrogen) atoms. The van der Waals surface area contributed by atoms with Crippen LogP contribution in [0.4, 0.5) is 0 Å². The van der Waals surface area contributed by atoms with E-state index in [1.807, 2.05) is 12.1 Å². The third kappa shape index (κ3) is 2.76. The molecule has 0 amide bonds. The van der Waals surface area contributed by atoms with Crippen LogP contribution in [0.3, 0.4) is 0 Å². The first-order chi connectivity index (χ1) is 7.36. The Kier molecular flexibility index (Phi) is 3.29. The van der Waals surface area contributed by atoms with Crippen molar-refractivity contribution in [2.45, 2.75) is 25.5 Å². The highest BCUT2D eigenvalue weighted by molar-refractivity contribution is 5.76. The van der Waals surface area contributed by atoms with E-state index in [4.69, 9.17) is 4.74 Å². The van der Waals surface area contributed by atoms with E-state index in [9.17, 15) is 4.79 Å². The van der Waals surface area contributed by atoms with Gasteiger partial charge in [0.2, 0.25) is 0 Å². The molecule has 0 saturated carbocycles. The SMILES string of the molecule is O=C(OCc1cccnc1)[C@@H]1CCCN1. The minimum atomic E-state index is -0.156. The zero-order chi connectivity index (χ0) is 10.5. The molecular weight excluding hydrogens is 192 g/mol. The number of pyridine rings is 1. The topological polar surface area (TPSA) is 51.2 Å². The zero-order valence-electron chi connectivity index (χ0n) is 8.48. The third-order valence-electron chi connectivity index (χ3n) is 2.45. The average Bonchev–Trinajstić information content (AvgIpc) is 2.81. The second kappa shape index (κ2) is 4.89. The van der Waals surface area contributed by atoms with E-state index >= 15 is 0 Å². The van der Waals surface area contributed by atoms with Crippen LogP contribution in [0.2, 0.25) is 0 Å². The lowest BCUT2D eigenvalue weighted by molar-refractivity contribution is -0.147. The van der Waals surface area contributed by atoms with Gasteiger partial charge in [0.1, 0.15) is 12.6 Å². The standard InChI is InChI=1S/C11H14N2O2/c14-11(10-4-2-6-13-10)15-8-9-3-1-5-12-7-9/h1,3,5,7,10,13H,2,4,6,8H2/t10-/m0/s1. The molecule has 2 rings (SSSR count). The van der Waals surface area contributed by atoms with E-state index in [2.05, 4.69) is 10.3 Å². The first-order valence-electron chi connectivity index (χ1n) is 5.15. The summed E-state index contributed by atoms with van der Waals surface area (Å²) in [4.78, 5) is 15.5. The molecule has 4 nitrogen and oxygen atoms in total. The fourth-order valence-electron chi connectivity index (χ4n) is 1.62. The fraction of sp³-hybridized carbons (Fsp3) is 0.455. The molecule has 0 aromatic carbocycles. The molecule has 0 unspecified atom stereocenters. The maximum absolute atomic E-state index is 11.5. The summed E-state index contributed by atoms with van der Waals surface area (Å²) in [6, 6.07) is 3.61. The van der Waals surface area contributed by atoms with Gasteiger partial charge in [0.15, 0.2) is 0 Å². The van der Waals surface area contributed by atoms with Crippen LogP contribution in [0.5, 0.6) is 0 Å². The number of nitrogens with zero attached hydrogens (tertiary/aromatic N) is 1. The maximum atomic E-state index is 11.5. The van der Waals surface area contributed by atoms with Gasteiger partial charge in [0.25, 0.3) is 0 Å². The Morgan fingerprint density at radius 3 is 3.27 bits per heavy atom. The second-order valence-corrected chi connectivity index (χ2v) is 3.62. The van der Waals surface area contributed by atoms with E-state index in [-0.39, 0.29) is 12.0 Å². The van der Waals surface area contributed by atoms with Gasteiger partial charge in [0.05, 0.1) is 0 Å². The van der Waals surface area contributed by atoms with Crippen molar-refractivity contribution in [1.29, 1.82) is 0 Å². The van der Waals surface area contributed by atoms with Crippen LogP contribution in [0.15, 0.2) is 24.5 Å². The van der Waals surface area contributed by atoms with Crippen LogP contribution in [0.25, 0.3) is 0 Å². The summed E-state index contributed by atoms with van der Waals surface area (Å²) >= 11 is 0. The van der Waals surface area contributed by atoms with Crippen LogP contribution in [-0.2, 0) is 16.1 Å². The minimum absolute atomic E-state index is 0.110. The number of carbonyl (C=O) groups is 1. The first kappa shape index (κ1) is 10.1. The molecule has 0 spiro atoms. The largest absolute Gasteiger partial charge is 0.460 e. The summed E-state index contributed by atoms with van der Waals surface area (Å²) < 4.78 is 5.17. The van der Waals surface area contributed by atoms with Gasteiger partial charge in [-0.1, -0.05) is 6.07 Å². The predicted molar refractivity (Wildman–Crippen MR) is 55.1 cm³/mol. The third-order valence-corrected chi connectivity index (χ3v) is 2.45. The van der Waals surface area contributed by atoms with Crippen molar-refractivity contribution >= 4 is 5.97 Å². The molecule has 1 aliphatic heterocycles. The van der Waals surface area contributed by atoms with Crippen molar-refractivity contribution in [2.24, 2.45) is 0 Å². The molecule has 1 saturated heterocycles. The highest BCUT2D eigenvalue weighted by atomic mass is 16.5. The van der Waals surface area contributed by atoms with Gasteiger partial charge in [-0.25, -0.2) is 0 Å². The molecule has 0 aliphatic carbocycles. The Balaban J connectivity index is 1.80. The summed E-state index contributed by atoms with van der Waals surface area (Å²) in [5, 5.41) is 3.10. The van der Waals surface area contributed by atoms with Gasteiger partial charge < -0.3 is 10.1 Å². The number of aromatic nitrogens is 1. The minimum Gasteiger partial charge on any atom is -0.460 e. The summed E-state index contributed by atoms with van der Waals surface area (Å²) in [7, 11) is 0. The van der Waals surface area contributed by atoms with Gasteiger partial charge in [0, 0.05) is 18.0 Å². The summed E-state index contributed by atoms with van der Waals surface area (Å²) in [6.45, 7) is 1.22. The number of hydrogen-bond donors (Lipinski definition) is 1. The van der Waals surface area contributed by atoms with Crippen molar-refractivity contribution in [3.8, 4) is 0 Å².